The maximum atomic E-state index is 5.35. The molecule has 1 aromatic rings. The van der Waals surface area contributed by atoms with E-state index in [2.05, 4.69) is 54.9 Å². The Kier molecular flexibility index (Phi) is 6.23. The molecule has 0 aliphatic heterocycles. The fourth-order valence-corrected chi connectivity index (χ4v) is 2.35. The zero-order valence-electron chi connectivity index (χ0n) is 10.9. The molecule has 0 aliphatic rings. The smallest absolute Gasteiger partial charge is 0.0772 e. The van der Waals surface area contributed by atoms with Crippen LogP contribution in [-0.4, -0.2) is 50.6 Å². The van der Waals surface area contributed by atoms with E-state index in [9.17, 15) is 0 Å². The molecule has 0 fully saturated rings. The van der Waals surface area contributed by atoms with Gasteiger partial charge in [0, 0.05) is 24.5 Å². The molecule has 0 atom stereocenters. The lowest BCUT2D eigenvalue weighted by Gasteiger charge is -2.18. The minimum absolute atomic E-state index is 0.427. The summed E-state index contributed by atoms with van der Waals surface area (Å²) in [6.07, 6.45) is 0. The van der Waals surface area contributed by atoms with Gasteiger partial charge in [-0.2, -0.15) is 0 Å². The molecule has 0 saturated heterocycles. The Morgan fingerprint density at radius 2 is 2.00 bits per heavy atom. The molecular formula is C13H21N3S. The predicted octanol–water partition coefficient (Wildman–Crippen LogP) is 1.05. The molecular weight excluding hydrogens is 230 g/mol. The van der Waals surface area contributed by atoms with Crippen molar-refractivity contribution in [1.29, 1.82) is 0 Å². The Morgan fingerprint density at radius 1 is 1.24 bits per heavy atom. The lowest BCUT2D eigenvalue weighted by Crippen LogP contribution is -2.28. The summed E-state index contributed by atoms with van der Waals surface area (Å²) < 4.78 is 0. The monoisotopic (exact) mass is 251 g/mol. The Hall–Kier alpha value is -0.860. The van der Waals surface area contributed by atoms with Crippen LogP contribution in [0.2, 0.25) is 0 Å². The highest BCUT2D eigenvalue weighted by molar-refractivity contribution is 7.12. The van der Waals surface area contributed by atoms with E-state index < -0.39 is 0 Å². The summed E-state index contributed by atoms with van der Waals surface area (Å²) in [6.45, 7) is 3.58. The molecule has 1 heterocycles. The first-order chi connectivity index (χ1) is 8.11. The maximum Gasteiger partial charge on any atom is 0.0772 e. The molecule has 0 spiro atoms. The van der Waals surface area contributed by atoms with E-state index in [0.717, 1.165) is 24.5 Å². The fraction of sp³-hybridized carbons (Fsp3) is 0.538. The SMILES string of the molecule is CN(C)CCN(C)Cc1ccc(C#CCN)s1. The van der Waals surface area contributed by atoms with Gasteiger partial charge in [-0.15, -0.1) is 11.3 Å². The van der Waals surface area contributed by atoms with Gasteiger partial charge in [-0.3, -0.25) is 0 Å². The van der Waals surface area contributed by atoms with Gasteiger partial charge >= 0.3 is 0 Å². The van der Waals surface area contributed by atoms with Gasteiger partial charge in [-0.1, -0.05) is 11.8 Å². The molecule has 0 aliphatic carbocycles. The van der Waals surface area contributed by atoms with Crippen LogP contribution in [0.1, 0.15) is 9.75 Å². The summed E-state index contributed by atoms with van der Waals surface area (Å²) in [4.78, 5) is 6.98. The molecule has 0 unspecified atom stereocenters. The molecule has 0 amide bonds. The second-order valence-corrected chi connectivity index (χ2v) is 5.48. The molecule has 0 aromatic carbocycles. The minimum Gasteiger partial charge on any atom is -0.320 e. The normalized spacial score (nSPS) is 10.7. The van der Waals surface area contributed by atoms with E-state index in [1.165, 1.54) is 4.88 Å². The zero-order chi connectivity index (χ0) is 12.7. The van der Waals surface area contributed by atoms with Crippen molar-refractivity contribution in [3.05, 3.63) is 21.9 Å². The quantitative estimate of drug-likeness (QED) is 0.794. The van der Waals surface area contributed by atoms with Crippen molar-refractivity contribution in [2.75, 3.05) is 40.8 Å². The summed E-state index contributed by atoms with van der Waals surface area (Å²) in [5.74, 6) is 5.94. The van der Waals surface area contributed by atoms with E-state index in [1.54, 1.807) is 11.3 Å². The first-order valence-electron chi connectivity index (χ1n) is 5.72. The third-order valence-corrected chi connectivity index (χ3v) is 3.32. The highest BCUT2D eigenvalue weighted by atomic mass is 32.1. The van der Waals surface area contributed by atoms with Crippen molar-refractivity contribution in [3.8, 4) is 11.8 Å². The van der Waals surface area contributed by atoms with Crippen molar-refractivity contribution in [1.82, 2.24) is 9.80 Å². The topological polar surface area (TPSA) is 32.5 Å². The number of hydrogen-bond acceptors (Lipinski definition) is 4. The van der Waals surface area contributed by atoms with Crippen LogP contribution in [0, 0.1) is 11.8 Å². The van der Waals surface area contributed by atoms with E-state index in [0.29, 0.717) is 6.54 Å². The van der Waals surface area contributed by atoms with Crippen LogP contribution in [-0.2, 0) is 6.54 Å². The van der Waals surface area contributed by atoms with Gasteiger partial charge in [0.15, 0.2) is 0 Å². The van der Waals surface area contributed by atoms with Crippen molar-refractivity contribution in [2.24, 2.45) is 5.73 Å². The Labute approximate surface area is 108 Å². The molecule has 4 heteroatoms. The van der Waals surface area contributed by atoms with Crippen LogP contribution < -0.4 is 5.73 Å². The average Bonchev–Trinajstić information content (AvgIpc) is 2.71. The Bertz CT molecular complexity index is 387. The van der Waals surface area contributed by atoms with Gasteiger partial charge in [0.25, 0.3) is 0 Å². The van der Waals surface area contributed by atoms with Crippen LogP contribution >= 0.6 is 11.3 Å². The first-order valence-corrected chi connectivity index (χ1v) is 6.54. The Morgan fingerprint density at radius 3 is 2.65 bits per heavy atom. The van der Waals surface area contributed by atoms with Gasteiger partial charge in [-0.05, 0) is 33.3 Å². The average molecular weight is 251 g/mol. The molecule has 3 nitrogen and oxygen atoms in total. The van der Waals surface area contributed by atoms with Crippen LogP contribution in [0.4, 0.5) is 0 Å². The predicted molar refractivity (Wildman–Crippen MR) is 75.1 cm³/mol. The second kappa shape index (κ2) is 7.46. The molecule has 17 heavy (non-hydrogen) atoms. The minimum atomic E-state index is 0.427. The van der Waals surface area contributed by atoms with Gasteiger partial charge in [0.2, 0.25) is 0 Å². The van der Waals surface area contributed by atoms with Crippen molar-refractivity contribution >= 4 is 11.3 Å². The van der Waals surface area contributed by atoms with E-state index in [-0.39, 0.29) is 0 Å². The number of nitrogens with two attached hydrogens (primary N) is 1. The third kappa shape index (κ3) is 5.85. The lowest BCUT2D eigenvalue weighted by atomic mass is 10.4. The molecule has 94 valence electrons. The third-order valence-electron chi connectivity index (χ3n) is 2.33. The number of rotatable bonds is 5. The van der Waals surface area contributed by atoms with Crippen LogP contribution in [0.15, 0.2) is 12.1 Å². The lowest BCUT2D eigenvalue weighted by molar-refractivity contribution is 0.278. The van der Waals surface area contributed by atoms with E-state index in [1.807, 2.05) is 0 Å². The number of thiophene rings is 1. The zero-order valence-corrected chi connectivity index (χ0v) is 11.7. The molecule has 0 saturated carbocycles. The van der Waals surface area contributed by atoms with Gasteiger partial charge < -0.3 is 15.5 Å². The number of hydrogen-bond donors (Lipinski definition) is 1. The summed E-state index contributed by atoms with van der Waals surface area (Å²) in [5, 5.41) is 0. The summed E-state index contributed by atoms with van der Waals surface area (Å²) >= 11 is 1.75. The number of nitrogens with zero attached hydrogens (tertiary/aromatic N) is 2. The van der Waals surface area contributed by atoms with Gasteiger partial charge in [0.1, 0.15) is 0 Å². The summed E-state index contributed by atoms with van der Waals surface area (Å²) in [5.41, 5.74) is 5.35. The molecule has 1 rings (SSSR count). The Balaban J connectivity index is 2.43. The molecule has 2 N–H and O–H groups in total. The van der Waals surface area contributed by atoms with Crippen molar-refractivity contribution < 1.29 is 0 Å². The second-order valence-electron chi connectivity index (χ2n) is 4.31. The van der Waals surface area contributed by atoms with Gasteiger partial charge in [0.05, 0.1) is 11.4 Å². The van der Waals surface area contributed by atoms with Crippen LogP contribution in [0.25, 0.3) is 0 Å². The maximum absolute atomic E-state index is 5.35. The van der Waals surface area contributed by atoms with Crippen molar-refractivity contribution in [3.63, 3.8) is 0 Å². The van der Waals surface area contributed by atoms with Crippen LogP contribution in [0.5, 0.6) is 0 Å². The highest BCUT2D eigenvalue weighted by Gasteiger charge is 2.03. The fourth-order valence-electron chi connectivity index (χ4n) is 1.38. The standard InChI is InChI=1S/C13H21N3S/c1-15(2)9-10-16(3)11-13-7-6-12(17-13)5-4-8-14/h6-7H,8-11,14H2,1-3H3. The van der Waals surface area contributed by atoms with Crippen LogP contribution in [0.3, 0.4) is 0 Å². The van der Waals surface area contributed by atoms with E-state index >= 15 is 0 Å². The largest absolute Gasteiger partial charge is 0.320 e. The number of likely N-dealkylation sites (N-methyl/N-ethyl adjacent to an activating group) is 2. The van der Waals surface area contributed by atoms with E-state index in [4.69, 9.17) is 5.73 Å². The molecule has 1 aromatic heterocycles. The summed E-state index contributed by atoms with van der Waals surface area (Å²) in [7, 11) is 6.34. The van der Waals surface area contributed by atoms with Gasteiger partial charge in [-0.25, -0.2) is 0 Å². The summed E-state index contributed by atoms with van der Waals surface area (Å²) in [6, 6.07) is 4.22. The highest BCUT2D eigenvalue weighted by Crippen LogP contribution is 2.16. The molecule has 0 radical (unpaired) electrons. The molecule has 0 bridgehead atoms. The van der Waals surface area contributed by atoms with Crippen molar-refractivity contribution in [2.45, 2.75) is 6.54 Å². The first kappa shape index (κ1) is 14.2.